The van der Waals surface area contributed by atoms with E-state index >= 15 is 0 Å². The fourth-order valence-corrected chi connectivity index (χ4v) is 2.17. The van der Waals surface area contributed by atoms with Crippen molar-refractivity contribution in [2.75, 3.05) is 19.8 Å². The van der Waals surface area contributed by atoms with Gasteiger partial charge in [-0.1, -0.05) is 20.8 Å². The van der Waals surface area contributed by atoms with Crippen molar-refractivity contribution < 1.29 is 9.47 Å². The highest BCUT2D eigenvalue weighted by atomic mass is 16.5. The summed E-state index contributed by atoms with van der Waals surface area (Å²) >= 11 is 0. The maximum Gasteiger partial charge on any atom is 0.119 e. The Hall–Kier alpha value is -1.22. The molecular formula is C18H31NO2. The van der Waals surface area contributed by atoms with Gasteiger partial charge >= 0.3 is 0 Å². The molecule has 0 bridgehead atoms. The SMILES string of the molecule is CCCNC(CC)CCCOc1ccc(OCCC)cc1. The van der Waals surface area contributed by atoms with Crippen LogP contribution in [0, 0.1) is 0 Å². The summed E-state index contributed by atoms with van der Waals surface area (Å²) in [6.07, 6.45) is 5.67. The van der Waals surface area contributed by atoms with Crippen LogP contribution < -0.4 is 14.8 Å². The van der Waals surface area contributed by atoms with Crippen molar-refractivity contribution in [2.45, 2.75) is 58.9 Å². The average Bonchev–Trinajstić information content (AvgIpc) is 2.53. The summed E-state index contributed by atoms with van der Waals surface area (Å²) in [4.78, 5) is 0. The van der Waals surface area contributed by atoms with Crippen molar-refractivity contribution in [2.24, 2.45) is 0 Å². The van der Waals surface area contributed by atoms with E-state index in [0.717, 1.165) is 44.1 Å². The zero-order valence-electron chi connectivity index (χ0n) is 13.9. The van der Waals surface area contributed by atoms with Crippen molar-refractivity contribution in [3.63, 3.8) is 0 Å². The van der Waals surface area contributed by atoms with Crippen LogP contribution in [0.2, 0.25) is 0 Å². The topological polar surface area (TPSA) is 30.5 Å². The predicted octanol–water partition coefficient (Wildman–Crippen LogP) is 4.41. The summed E-state index contributed by atoms with van der Waals surface area (Å²) in [5, 5.41) is 3.57. The van der Waals surface area contributed by atoms with E-state index < -0.39 is 0 Å². The lowest BCUT2D eigenvalue weighted by atomic mass is 10.1. The van der Waals surface area contributed by atoms with Gasteiger partial charge in [-0.3, -0.25) is 0 Å². The molecule has 120 valence electrons. The molecule has 1 unspecified atom stereocenters. The van der Waals surface area contributed by atoms with Crippen LogP contribution in [0.25, 0.3) is 0 Å². The van der Waals surface area contributed by atoms with Gasteiger partial charge in [-0.05, 0) is 62.9 Å². The van der Waals surface area contributed by atoms with Crippen LogP contribution in [-0.4, -0.2) is 25.8 Å². The Kier molecular flexibility index (Phi) is 9.71. The molecule has 1 rings (SSSR count). The zero-order chi connectivity index (χ0) is 15.3. The molecular weight excluding hydrogens is 262 g/mol. The van der Waals surface area contributed by atoms with Crippen molar-refractivity contribution in [3.8, 4) is 11.5 Å². The average molecular weight is 293 g/mol. The van der Waals surface area contributed by atoms with Crippen LogP contribution in [0.15, 0.2) is 24.3 Å². The molecule has 0 aliphatic carbocycles. The molecule has 0 saturated carbocycles. The summed E-state index contributed by atoms with van der Waals surface area (Å²) in [6, 6.07) is 8.54. The number of ether oxygens (including phenoxy) is 2. The minimum atomic E-state index is 0.623. The molecule has 0 aliphatic rings. The minimum Gasteiger partial charge on any atom is -0.494 e. The quantitative estimate of drug-likeness (QED) is 0.579. The Labute approximate surface area is 130 Å². The lowest BCUT2D eigenvalue weighted by Crippen LogP contribution is -2.29. The van der Waals surface area contributed by atoms with Crippen LogP contribution in [0.3, 0.4) is 0 Å². The highest BCUT2D eigenvalue weighted by Crippen LogP contribution is 2.18. The second-order valence-corrected chi connectivity index (χ2v) is 5.37. The van der Waals surface area contributed by atoms with Crippen LogP contribution in [0.1, 0.15) is 52.9 Å². The summed E-state index contributed by atoms with van der Waals surface area (Å²) < 4.78 is 11.3. The molecule has 1 aromatic carbocycles. The van der Waals surface area contributed by atoms with Crippen LogP contribution in [0.5, 0.6) is 11.5 Å². The molecule has 0 aromatic heterocycles. The second-order valence-electron chi connectivity index (χ2n) is 5.37. The molecule has 3 heteroatoms. The van der Waals surface area contributed by atoms with E-state index in [4.69, 9.17) is 9.47 Å². The van der Waals surface area contributed by atoms with Gasteiger partial charge in [-0.15, -0.1) is 0 Å². The molecule has 0 radical (unpaired) electrons. The monoisotopic (exact) mass is 293 g/mol. The first-order valence-corrected chi connectivity index (χ1v) is 8.39. The van der Waals surface area contributed by atoms with E-state index in [1.54, 1.807) is 0 Å². The first-order chi connectivity index (χ1) is 10.3. The normalized spacial score (nSPS) is 12.1. The van der Waals surface area contributed by atoms with Gasteiger partial charge < -0.3 is 14.8 Å². The van der Waals surface area contributed by atoms with Crippen molar-refractivity contribution in [1.29, 1.82) is 0 Å². The maximum atomic E-state index is 5.78. The first kappa shape index (κ1) is 17.8. The van der Waals surface area contributed by atoms with Gasteiger partial charge in [0.05, 0.1) is 13.2 Å². The highest BCUT2D eigenvalue weighted by Gasteiger charge is 2.04. The van der Waals surface area contributed by atoms with E-state index in [2.05, 4.69) is 26.1 Å². The van der Waals surface area contributed by atoms with E-state index in [9.17, 15) is 0 Å². The maximum absolute atomic E-state index is 5.78. The molecule has 0 spiro atoms. The fourth-order valence-electron chi connectivity index (χ4n) is 2.17. The molecule has 21 heavy (non-hydrogen) atoms. The Morgan fingerprint density at radius 3 is 2.05 bits per heavy atom. The molecule has 1 N–H and O–H groups in total. The third kappa shape index (κ3) is 7.96. The molecule has 1 atom stereocenters. The van der Waals surface area contributed by atoms with E-state index in [-0.39, 0.29) is 0 Å². The Morgan fingerprint density at radius 2 is 1.52 bits per heavy atom. The first-order valence-electron chi connectivity index (χ1n) is 8.39. The highest BCUT2D eigenvalue weighted by molar-refractivity contribution is 5.31. The van der Waals surface area contributed by atoms with Crippen molar-refractivity contribution in [1.82, 2.24) is 5.32 Å². The molecule has 0 amide bonds. The minimum absolute atomic E-state index is 0.623. The van der Waals surface area contributed by atoms with Gasteiger partial charge in [0.1, 0.15) is 11.5 Å². The van der Waals surface area contributed by atoms with Gasteiger partial charge in [0.15, 0.2) is 0 Å². The lowest BCUT2D eigenvalue weighted by Gasteiger charge is -2.16. The summed E-state index contributed by atoms with van der Waals surface area (Å²) in [5.41, 5.74) is 0. The molecule has 0 saturated heterocycles. The summed E-state index contributed by atoms with van der Waals surface area (Å²) in [5.74, 6) is 1.84. The number of nitrogens with one attached hydrogen (secondary N) is 1. The largest absolute Gasteiger partial charge is 0.494 e. The fraction of sp³-hybridized carbons (Fsp3) is 0.667. The molecule has 1 aromatic rings. The predicted molar refractivity (Wildman–Crippen MR) is 89.3 cm³/mol. The van der Waals surface area contributed by atoms with Gasteiger partial charge in [0.25, 0.3) is 0 Å². The molecule has 3 nitrogen and oxygen atoms in total. The van der Waals surface area contributed by atoms with E-state index in [1.807, 2.05) is 24.3 Å². The number of hydrogen-bond acceptors (Lipinski definition) is 3. The summed E-state index contributed by atoms with van der Waals surface area (Å²) in [7, 11) is 0. The van der Waals surface area contributed by atoms with Crippen LogP contribution in [-0.2, 0) is 0 Å². The number of benzene rings is 1. The molecule has 0 aliphatic heterocycles. The Balaban J connectivity index is 2.19. The van der Waals surface area contributed by atoms with Gasteiger partial charge in [0, 0.05) is 6.04 Å². The lowest BCUT2D eigenvalue weighted by molar-refractivity contribution is 0.292. The third-order valence-corrected chi connectivity index (χ3v) is 3.44. The Morgan fingerprint density at radius 1 is 0.905 bits per heavy atom. The number of rotatable bonds is 12. The van der Waals surface area contributed by atoms with E-state index in [1.165, 1.54) is 19.3 Å². The van der Waals surface area contributed by atoms with Gasteiger partial charge in [-0.25, -0.2) is 0 Å². The summed E-state index contributed by atoms with van der Waals surface area (Å²) in [6.45, 7) is 9.21. The zero-order valence-corrected chi connectivity index (χ0v) is 13.9. The second kappa shape index (κ2) is 11.4. The van der Waals surface area contributed by atoms with Crippen molar-refractivity contribution >= 4 is 0 Å². The van der Waals surface area contributed by atoms with Crippen LogP contribution >= 0.6 is 0 Å². The van der Waals surface area contributed by atoms with Gasteiger partial charge in [0.2, 0.25) is 0 Å². The van der Waals surface area contributed by atoms with Crippen molar-refractivity contribution in [3.05, 3.63) is 24.3 Å². The number of hydrogen-bond donors (Lipinski definition) is 1. The Bertz CT molecular complexity index is 351. The third-order valence-electron chi connectivity index (χ3n) is 3.44. The van der Waals surface area contributed by atoms with Gasteiger partial charge in [-0.2, -0.15) is 0 Å². The smallest absolute Gasteiger partial charge is 0.119 e. The van der Waals surface area contributed by atoms with Crippen LogP contribution in [0.4, 0.5) is 0 Å². The molecule has 0 heterocycles. The van der Waals surface area contributed by atoms with E-state index in [0.29, 0.717) is 6.04 Å². The molecule has 0 fully saturated rings. The standard InChI is InChI=1S/C18H31NO2/c1-4-13-19-16(6-3)8-7-15-21-18-11-9-17(10-12-18)20-14-5-2/h9-12,16,19H,4-8,13-15H2,1-3H3.